The fraction of sp³-hybridized carbons (Fsp3) is 0.333. The summed E-state index contributed by atoms with van der Waals surface area (Å²) in [6.45, 7) is 0. The molecule has 98 valence electrons. The first kappa shape index (κ1) is 14.5. The molecule has 1 aromatic rings. The highest BCUT2D eigenvalue weighted by Gasteiger charge is 2.24. The second-order valence-corrected chi connectivity index (χ2v) is 4.49. The number of carbonyl (C=O) groups is 2. The van der Waals surface area contributed by atoms with Gasteiger partial charge in [-0.15, -0.1) is 0 Å². The van der Waals surface area contributed by atoms with Crippen molar-refractivity contribution < 1.29 is 19.8 Å². The summed E-state index contributed by atoms with van der Waals surface area (Å²) in [6, 6.07) is 5.63. The second-order valence-electron chi connectivity index (χ2n) is 4.05. The van der Waals surface area contributed by atoms with Gasteiger partial charge in [0.1, 0.15) is 6.04 Å². The zero-order valence-corrected chi connectivity index (χ0v) is 10.3. The molecule has 0 saturated heterocycles. The average molecular weight is 272 g/mol. The van der Waals surface area contributed by atoms with Crippen molar-refractivity contribution in [1.29, 1.82) is 0 Å². The minimum absolute atomic E-state index is 0.114. The SMILES string of the molecule is N[C@H](C[C@H](Cc1cccc(Cl)c1)C(=O)O)C(=O)O. The second kappa shape index (κ2) is 6.37. The largest absolute Gasteiger partial charge is 0.481 e. The number of nitrogens with two attached hydrogens (primary N) is 1. The Morgan fingerprint density at radius 1 is 1.28 bits per heavy atom. The average Bonchev–Trinajstić information content (AvgIpc) is 2.27. The van der Waals surface area contributed by atoms with Crippen LogP contribution in [-0.4, -0.2) is 28.2 Å². The third-order valence-corrected chi connectivity index (χ3v) is 2.81. The van der Waals surface area contributed by atoms with Crippen LogP contribution in [0, 0.1) is 5.92 Å². The standard InChI is InChI=1S/C12H14ClNO4/c13-9-3-1-2-7(5-9)4-8(11(15)16)6-10(14)12(17)18/h1-3,5,8,10H,4,6,14H2,(H,15,16)(H,17,18)/t8-,10+/m0/s1. The Labute approximate surface area is 109 Å². The van der Waals surface area contributed by atoms with Crippen molar-refractivity contribution in [2.24, 2.45) is 11.7 Å². The zero-order chi connectivity index (χ0) is 13.7. The molecular weight excluding hydrogens is 258 g/mol. The molecule has 0 aliphatic carbocycles. The molecule has 0 aromatic heterocycles. The molecule has 0 bridgehead atoms. The minimum Gasteiger partial charge on any atom is -0.481 e. The number of hydrogen-bond acceptors (Lipinski definition) is 3. The van der Waals surface area contributed by atoms with Gasteiger partial charge in [0.2, 0.25) is 0 Å². The first-order valence-corrected chi connectivity index (χ1v) is 5.73. The molecule has 0 radical (unpaired) electrons. The van der Waals surface area contributed by atoms with E-state index < -0.39 is 23.9 Å². The highest BCUT2D eigenvalue weighted by molar-refractivity contribution is 6.30. The van der Waals surface area contributed by atoms with Crippen LogP contribution < -0.4 is 5.73 Å². The maximum Gasteiger partial charge on any atom is 0.320 e. The third-order valence-electron chi connectivity index (χ3n) is 2.58. The molecule has 0 amide bonds. The molecule has 6 heteroatoms. The van der Waals surface area contributed by atoms with Gasteiger partial charge < -0.3 is 15.9 Å². The first-order chi connectivity index (χ1) is 8.40. The van der Waals surface area contributed by atoms with E-state index in [0.29, 0.717) is 5.02 Å². The van der Waals surface area contributed by atoms with Gasteiger partial charge in [0.15, 0.2) is 0 Å². The molecular formula is C12H14ClNO4. The quantitative estimate of drug-likeness (QED) is 0.726. The number of carboxylic acid groups (broad SMARTS) is 2. The highest BCUT2D eigenvalue weighted by atomic mass is 35.5. The maximum absolute atomic E-state index is 11.1. The zero-order valence-electron chi connectivity index (χ0n) is 9.54. The number of benzene rings is 1. The summed E-state index contributed by atoms with van der Waals surface area (Å²) in [4.78, 5) is 21.7. The number of carboxylic acids is 2. The van der Waals surface area contributed by atoms with Gasteiger partial charge in [-0.3, -0.25) is 9.59 Å². The molecule has 18 heavy (non-hydrogen) atoms. The highest BCUT2D eigenvalue weighted by Crippen LogP contribution is 2.17. The van der Waals surface area contributed by atoms with E-state index in [-0.39, 0.29) is 12.8 Å². The molecule has 4 N–H and O–H groups in total. The monoisotopic (exact) mass is 271 g/mol. The fourth-order valence-electron chi connectivity index (χ4n) is 1.63. The number of halogens is 1. The number of hydrogen-bond donors (Lipinski definition) is 3. The van der Waals surface area contributed by atoms with Crippen molar-refractivity contribution in [3.63, 3.8) is 0 Å². The van der Waals surface area contributed by atoms with E-state index in [2.05, 4.69) is 0 Å². The first-order valence-electron chi connectivity index (χ1n) is 5.35. The van der Waals surface area contributed by atoms with E-state index in [9.17, 15) is 9.59 Å². The Morgan fingerprint density at radius 2 is 1.94 bits per heavy atom. The molecule has 0 aliphatic heterocycles. The van der Waals surface area contributed by atoms with Crippen molar-refractivity contribution in [2.75, 3.05) is 0 Å². The molecule has 1 rings (SSSR count). The van der Waals surface area contributed by atoms with Gasteiger partial charge in [-0.2, -0.15) is 0 Å². The predicted molar refractivity (Wildman–Crippen MR) is 66.5 cm³/mol. The van der Waals surface area contributed by atoms with E-state index in [1.807, 2.05) is 0 Å². The van der Waals surface area contributed by atoms with Crippen molar-refractivity contribution in [2.45, 2.75) is 18.9 Å². The van der Waals surface area contributed by atoms with Gasteiger partial charge in [-0.25, -0.2) is 0 Å². The molecule has 0 unspecified atom stereocenters. The summed E-state index contributed by atoms with van der Waals surface area (Å²) < 4.78 is 0. The molecule has 5 nitrogen and oxygen atoms in total. The lowest BCUT2D eigenvalue weighted by Gasteiger charge is -2.15. The molecule has 0 saturated carbocycles. The summed E-state index contributed by atoms with van der Waals surface area (Å²) >= 11 is 5.80. The predicted octanol–water partition coefficient (Wildman–Crippen LogP) is 1.39. The third kappa shape index (κ3) is 4.35. The van der Waals surface area contributed by atoms with Gasteiger partial charge in [0, 0.05) is 5.02 Å². The lowest BCUT2D eigenvalue weighted by atomic mass is 9.93. The lowest BCUT2D eigenvalue weighted by molar-refractivity contribution is -0.143. The maximum atomic E-state index is 11.1. The van der Waals surface area contributed by atoms with Crippen molar-refractivity contribution in [3.8, 4) is 0 Å². The Bertz CT molecular complexity index is 449. The number of aliphatic carboxylic acids is 2. The van der Waals surface area contributed by atoms with Crippen molar-refractivity contribution in [3.05, 3.63) is 34.9 Å². The van der Waals surface area contributed by atoms with Crippen LogP contribution in [0.4, 0.5) is 0 Å². The fourth-order valence-corrected chi connectivity index (χ4v) is 1.84. The summed E-state index contributed by atoms with van der Waals surface area (Å²) in [7, 11) is 0. The van der Waals surface area contributed by atoms with Crippen LogP contribution in [0.15, 0.2) is 24.3 Å². The van der Waals surface area contributed by atoms with Gasteiger partial charge in [-0.1, -0.05) is 23.7 Å². The van der Waals surface area contributed by atoms with Gasteiger partial charge >= 0.3 is 11.9 Å². The lowest BCUT2D eigenvalue weighted by Crippen LogP contribution is -2.35. The smallest absolute Gasteiger partial charge is 0.320 e. The van der Waals surface area contributed by atoms with E-state index in [4.69, 9.17) is 27.5 Å². The van der Waals surface area contributed by atoms with Crippen LogP contribution in [0.3, 0.4) is 0 Å². The summed E-state index contributed by atoms with van der Waals surface area (Å²) in [5, 5.41) is 18.3. The Balaban J connectivity index is 2.75. The van der Waals surface area contributed by atoms with Gasteiger partial charge in [-0.05, 0) is 30.5 Å². The molecule has 0 spiro atoms. The Kier molecular flexibility index (Phi) is 5.12. The Hall–Kier alpha value is -1.59. The van der Waals surface area contributed by atoms with Crippen LogP contribution >= 0.6 is 11.6 Å². The minimum atomic E-state index is -1.20. The van der Waals surface area contributed by atoms with E-state index in [1.54, 1.807) is 24.3 Å². The topological polar surface area (TPSA) is 101 Å². The molecule has 0 heterocycles. The van der Waals surface area contributed by atoms with E-state index >= 15 is 0 Å². The van der Waals surface area contributed by atoms with Crippen molar-refractivity contribution >= 4 is 23.5 Å². The van der Waals surface area contributed by atoms with Crippen LogP contribution in [0.2, 0.25) is 5.02 Å². The Morgan fingerprint density at radius 3 is 2.44 bits per heavy atom. The molecule has 1 aromatic carbocycles. The van der Waals surface area contributed by atoms with Crippen LogP contribution in [0.25, 0.3) is 0 Å². The number of rotatable bonds is 6. The molecule has 2 atom stereocenters. The van der Waals surface area contributed by atoms with E-state index in [1.165, 1.54) is 0 Å². The van der Waals surface area contributed by atoms with E-state index in [0.717, 1.165) is 5.56 Å². The molecule has 0 fully saturated rings. The van der Waals surface area contributed by atoms with Crippen molar-refractivity contribution in [1.82, 2.24) is 0 Å². The summed E-state index contributed by atoms with van der Waals surface area (Å²) in [5.41, 5.74) is 6.09. The van der Waals surface area contributed by atoms with Gasteiger partial charge in [0.05, 0.1) is 5.92 Å². The summed E-state index contributed by atoms with van der Waals surface area (Å²) in [5.74, 6) is -3.10. The van der Waals surface area contributed by atoms with Crippen LogP contribution in [0.1, 0.15) is 12.0 Å². The van der Waals surface area contributed by atoms with Crippen LogP contribution in [-0.2, 0) is 16.0 Å². The summed E-state index contributed by atoms with van der Waals surface area (Å²) in [6.07, 6.45) is 0.0913. The normalized spacial score (nSPS) is 13.9. The van der Waals surface area contributed by atoms with Crippen LogP contribution in [0.5, 0.6) is 0 Å². The van der Waals surface area contributed by atoms with Gasteiger partial charge in [0.25, 0.3) is 0 Å². The molecule has 0 aliphatic rings.